The molecule has 1 aromatic heterocycles. The molecule has 0 saturated carbocycles. The lowest BCUT2D eigenvalue weighted by molar-refractivity contribution is -0.120. The minimum Gasteiger partial charge on any atom is -0.496 e. The molecule has 0 bridgehead atoms. The Balaban J connectivity index is 1.46. The molecule has 0 fully saturated rings. The van der Waals surface area contributed by atoms with E-state index in [0.717, 1.165) is 41.5 Å². The third-order valence-electron chi connectivity index (χ3n) is 4.85. The number of amides is 1. The van der Waals surface area contributed by atoms with Gasteiger partial charge in [-0.05, 0) is 67.0 Å². The highest BCUT2D eigenvalue weighted by Gasteiger charge is 2.06. The smallest absolute Gasteiger partial charge is 0.251 e. The summed E-state index contributed by atoms with van der Waals surface area (Å²) in [5.74, 6) is 0.928. The molecular weight excluding hydrogens is 352 g/mol. The predicted molar refractivity (Wildman–Crippen MR) is 112 cm³/mol. The van der Waals surface area contributed by atoms with Crippen LogP contribution in [-0.4, -0.2) is 24.5 Å². The number of benzene rings is 2. The van der Waals surface area contributed by atoms with Crippen molar-refractivity contribution in [1.82, 2.24) is 10.3 Å². The van der Waals surface area contributed by atoms with E-state index in [0.29, 0.717) is 18.5 Å². The van der Waals surface area contributed by atoms with Crippen LogP contribution in [0.5, 0.6) is 5.75 Å². The minimum atomic E-state index is -0.0777. The van der Waals surface area contributed by atoms with Crippen LogP contribution in [0.15, 0.2) is 53.3 Å². The second-order valence-corrected chi connectivity index (χ2v) is 7.00. The van der Waals surface area contributed by atoms with E-state index >= 15 is 0 Å². The Kier molecular flexibility index (Phi) is 6.48. The van der Waals surface area contributed by atoms with Gasteiger partial charge in [0.2, 0.25) is 5.91 Å². The van der Waals surface area contributed by atoms with Crippen molar-refractivity contribution >= 4 is 16.8 Å². The Morgan fingerprint density at radius 1 is 1.11 bits per heavy atom. The first-order chi connectivity index (χ1) is 13.6. The number of H-pyrrole nitrogens is 1. The summed E-state index contributed by atoms with van der Waals surface area (Å²) >= 11 is 0. The van der Waals surface area contributed by atoms with Gasteiger partial charge in [-0.1, -0.05) is 24.3 Å². The third kappa shape index (κ3) is 5.00. The molecule has 0 aliphatic rings. The Labute approximate surface area is 164 Å². The minimum absolute atomic E-state index is 0.0118. The molecule has 0 radical (unpaired) electrons. The molecule has 0 unspecified atom stereocenters. The molecule has 0 spiro atoms. The number of aromatic nitrogens is 1. The van der Waals surface area contributed by atoms with E-state index in [1.807, 2.05) is 42.5 Å². The highest BCUT2D eigenvalue weighted by molar-refractivity contribution is 5.83. The Bertz CT molecular complexity index is 1020. The van der Waals surface area contributed by atoms with Gasteiger partial charge in [0.1, 0.15) is 5.75 Å². The summed E-state index contributed by atoms with van der Waals surface area (Å²) in [7, 11) is 1.69. The van der Waals surface area contributed by atoms with Crippen LogP contribution in [0.3, 0.4) is 0 Å². The van der Waals surface area contributed by atoms with E-state index in [9.17, 15) is 9.59 Å². The Morgan fingerprint density at radius 3 is 2.75 bits per heavy atom. The summed E-state index contributed by atoms with van der Waals surface area (Å²) in [6.45, 7) is 2.44. The molecular formula is C23H26N2O3. The first-order valence-electron chi connectivity index (χ1n) is 9.58. The molecule has 3 rings (SSSR count). The number of aryl methyl sites for hydroxylation is 2. The van der Waals surface area contributed by atoms with Crippen LogP contribution in [0.1, 0.15) is 29.5 Å². The quantitative estimate of drug-likeness (QED) is 0.589. The van der Waals surface area contributed by atoms with Crippen LogP contribution in [0.25, 0.3) is 10.9 Å². The molecule has 28 heavy (non-hydrogen) atoms. The zero-order chi connectivity index (χ0) is 19.9. The van der Waals surface area contributed by atoms with Crippen molar-refractivity contribution in [2.24, 2.45) is 0 Å². The fraction of sp³-hybridized carbons (Fsp3) is 0.304. The van der Waals surface area contributed by atoms with E-state index in [-0.39, 0.29) is 11.5 Å². The topological polar surface area (TPSA) is 71.2 Å². The van der Waals surface area contributed by atoms with Gasteiger partial charge < -0.3 is 15.0 Å². The van der Waals surface area contributed by atoms with E-state index < -0.39 is 0 Å². The number of para-hydroxylation sites is 1. The number of rotatable bonds is 8. The van der Waals surface area contributed by atoms with E-state index in [4.69, 9.17) is 4.74 Å². The molecule has 146 valence electrons. The number of pyridine rings is 1. The summed E-state index contributed by atoms with van der Waals surface area (Å²) in [6, 6.07) is 15.6. The van der Waals surface area contributed by atoms with Crippen LogP contribution >= 0.6 is 0 Å². The monoisotopic (exact) mass is 378 g/mol. The molecule has 1 heterocycles. The van der Waals surface area contributed by atoms with Crippen molar-refractivity contribution in [1.29, 1.82) is 0 Å². The number of hydrogen-bond acceptors (Lipinski definition) is 3. The lowest BCUT2D eigenvalue weighted by atomic mass is 10.1. The predicted octanol–water partition coefficient (Wildman–Crippen LogP) is 3.53. The number of carbonyl (C=O) groups excluding carboxylic acids is 1. The molecule has 0 saturated heterocycles. The number of hydrogen-bond donors (Lipinski definition) is 2. The first kappa shape index (κ1) is 19.7. The summed E-state index contributed by atoms with van der Waals surface area (Å²) in [5, 5.41) is 3.93. The van der Waals surface area contributed by atoms with Gasteiger partial charge in [-0.3, -0.25) is 9.59 Å². The highest BCUT2D eigenvalue weighted by atomic mass is 16.5. The second-order valence-electron chi connectivity index (χ2n) is 7.00. The van der Waals surface area contributed by atoms with Gasteiger partial charge in [-0.25, -0.2) is 0 Å². The van der Waals surface area contributed by atoms with E-state index in [2.05, 4.69) is 16.4 Å². The molecule has 5 heteroatoms. The summed E-state index contributed by atoms with van der Waals surface area (Å²) < 4.78 is 5.36. The maximum absolute atomic E-state index is 12.2. The highest BCUT2D eigenvalue weighted by Crippen LogP contribution is 2.19. The van der Waals surface area contributed by atoms with Gasteiger partial charge in [0.25, 0.3) is 5.56 Å². The van der Waals surface area contributed by atoms with Crippen LogP contribution in [0.4, 0.5) is 0 Å². The van der Waals surface area contributed by atoms with Gasteiger partial charge in [0, 0.05) is 17.6 Å². The van der Waals surface area contributed by atoms with Gasteiger partial charge in [-0.15, -0.1) is 0 Å². The number of fused-ring (bicyclic) bond motifs is 1. The standard InChI is InChI=1S/C23H26N2O3/c1-16-13-19-14-17(10-11-20(19)25-23(16)27)15-22(26)24-12-6-5-8-18-7-3-4-9-21(18)28-2/h3-4,7,9-11,13-14H,5-6,8,12,15H2,1-2H3,(H,24,26)(H,25,27). The molecule has 0 aliphatic carbocycles. The Morgan fingerprint density at radius 2 is 1.93 bits per heavy atom. The molecule has 0 aliphatic heterocycles. The van der Waals surface area contributed by atoms with Crippen molar-refractivity contribution in [3.63, 3.8) is 0 Å². The average Bonchev–Trinajstić information content (AvgIpc) is 2.69. The van der Waals surface area contributed by atoms with Crippen LogP contribution in [0, 0.1) is 6.92 Å². The van der Waals surface area contributed by atoms with Gasteiger partial charge in [0.15, 0.2) is 0 Å². The number of methoxy groups -OCH3 is 1. The van der Waals surface area contributed by atoms with Crippen molar-refractivity contribution in [3.8, 4) is 5.75 Å². The number of carbonyl (C=O) groups is 1. The third-order valence-corrected chi connectivity index (χ3v) is 4.85. The lowest BCUT2D eigenvalue weighted by Gasteiger charge is -2.09. The van der Waals surface area contributed by atoms with Crippen LogP contribution < -0.4 is 15.6 Å². The van der Waals surface area contributed by atoms with Gasteiger partial charge in [0.05, 0.1) is 13.5 Å². The Hall–Kier alpha value is -3.08. The van der Waals surface area contributed by atoms with Crippen molar-refractivity contribution in [2.45, 2.75) is 32.6 Å². The zero-order valence-corrected chi connectivity index (χ0v) is 16.4. The van der Waals surface area contributed by atoms with Crippen molar-refractivity contribution in [3.05, 3.63) is 75.6 Å². The molecule has 5 nitrogen and oxygen atoms in total. The number of ether oxygens (including phenoxy) is 1. The lowest BCUT2D eigenvalue weighted by Crippen LogP contribution is -2.26. The summed E-state index contributed by atoms with van der Waals surface area (Å²) in [6.07, 6.45) is 3.17. The first-order valence-corrected chi connectivity index (χ1v) is 9.58. The summed E-state index contributed by atoms with van der Waals surface area (Å²) in [5.41, 5.74) is 3.51. The fourth-order valence-corrected chi connectivity index (χ4v) is 3.30. The normalized spacial score (nSPS) is 10.8. The van der Waals surface area contributed by atoms with E-state index in [1.54, 1.807) is 14.0 Å². The number of unbranched alkanes of at least 4 members (excludes halogenated alkanes) is 1. The van der Waals surface area contributed by atoms with Crippen LogP contribution in [0.2, 0.25) is 0 Å². The van der Waals surface area contributed by atoms with Crippen molar-refractivity contribution < 1.29 is 9.53 Å². The maximum atomic E-state index is 12.2. The molecule has 3 aromatic rings. The number of nitrogens with one attached hydrogen (secondary N) is 2. The second kappa shape index (κ2) is 9.22. The van der Waals surface area contributed by atoms with Crippen molar-refractivity contribution in [2.75, 3.05) is 13.7 Å². The molecule has 1 amide bonds. The molecule has 2 N–H and O–H groups in total. The number of aromatic amines is 1. The largest absolute Gasteiger partial charge is 0.496 e. The maximum Gasteiger partial charge on any atom is 0.251 e. The molecule has 0 atom stereocenters. The zero-order valence-electron chi connectivity index (χ0n) is 16.4. The fourth-order valence-electron chi connectivity index (χ4n) is 3.30. The van der Waals surface area contributed by atoms with Gasteiger partial charge in [-0.2, -0.15) is 0 Å². The summed E-state index contributed by atoms with van der Waals surface area (Å²) in [4.78, 5) is 26.7. The molecule has 2 aromatic carbocycles. The van der Waals surface area contributed by atoms with Gasteiger partial charge >= 0.3 is 0 Å². The van der Waals surface area contributed by atoms with E-state index in [1.165, 1.54) is 5.56 Å². The average molecular weight is 378 g/mol. The SMILES string of the molecule is COc1ccccc1CCCCNC(=O)Cc1ccc2[nH]c(=O)c(C)cc2c1. The van der Waals surface area contributed by atoms with Crippen LogP contribution in [-0.2, 0) is 17.6 Å².